The monoisotopic (exact) mass is 288 g/mol. The number of nitrogens with zero attached hydrogens (tertiary/aromatic N) is 1. The van der Waals surface area contributed by atoms with E-state index in [2.05, 4.69) is 10.3 Å². The lowest BCUT2D eigenvalue weighted by Crippen LogP contribution is -2.10. The third-order valence-electron chi connectivity index (χ3n) is 2.68. The van der Waals surface area contributed by atoms with Gasteiger partial charge < -0.3 is 9.15 Å². The van der Waals surface area contributed by atoms with Crippen molar-refractivity contribution in [1.82, 2.24) is 4.98 Å². The van der Waals surface area contributed by atoms with Gasteiger partial charge in [0.25, 0.3) is 5.91 Å². The maximum absolute atomic E-state index is 12.1. The Balaban J connectivity index is 1.92. The first-order valence-corrected chi connectivity index (χ1v) is 7.02. The minimum atomic E-state index is -0.321. The fourth-order valence-corrected chi connectivity index (χ4v) is 2.39. The van der Waals surface area contributed by atoms with E-state index < -0.39 is 0 Å². The predicted octanol–water partition coefficient (Wildman–Crippen LogP) is 3.54. The summed E-state index contributed by atoms with van der Waals surface area (Å²) in [5.74, 6) is 0.555. The molecule has 0 aliphatic rings. The van der Waals surface area contributed by atoms with Crippen molar-refractivity contribution in [3.8, 4) is 5.75 Å². The molecule has 20 heavy (non-hydrogen) atoms. The summed E-state index contributed by atoms with van der Waals surface area (Å²) in [4.78, 5) is 16.1. The molecular weight excluding hydrogens is 276 g/mol. The zero-order chi connectivity index (χ0) is 13.9. The number of anilines is 1. The summed E-state index contributed by atoms with van der Waals surface area (Å²) in [7, 11) is 0. The molecule has 0 atom stereocenters. The molecule has 1 amide bonds. The lowest BCUT2D eigenvalue weighted by Gasteiger charge is -2.02. The lowest BCUT2D eigenvalue weighted by molar-refractivity contribution is 0.0998. The van der Waals surface area contributed by atoms with Crippen molar-refractivity contribution < 1.29 is 13.9 Å². The van der Waals surface area contributed by atoms with Gasteiger partial charge in [-0.3, -0.25) is 10.1 Å². The van der Waals surface area contributed by atoms with Gasteiger partial charge in [-0.2, -0.15) is 0 Å². The minimum absolute atomic E-state index is 0.238. The van der Waals surface area contributed by atoms with Crippen LogP contribution >= 0.6 is 11.3 Å². The Morgan fingerprint density at radius 2 is 2.40 bits per heavy atom. The molecule has 6 heteroatoms. The van der Waals surface area contributed by atoms with Crippen LogP contribution in [-0.4, -0.2) is 17.5 Å². The highest BCUT2D eigenvalue weighted by atomic mass is 32.1. The topological polar surface area (TPSA) is 64.4 Å². The van der Waals surface area contributed by atoms with Gasteiger partial charge in [0.05, 0.1) is 6.61 Å². The quantitative estimate of drug-likeness (QED) is 0.797. The first-order valence-electron chi connectivity index (χ1n) is 6.14. The summed E-state index contributed by atoms with van der Waals surface area (Å²) in [6, 6.07) is 7.26. The molecule has 3 rings (SSSR count). The fourth-order valence-electron chi connectivity index (χ4n) is 1.86. The third-order valence-corrected chi connectivity index (χ3v) is 3.37. The lowest BCUT2D eigenvalue weighted by atomic mass is 10.2. The molecule has 0 fully saturated rings. The van der Waals surface area contributed by atoms with Crippen LogP contribution in [0.5, 0.6) is 5.75 Å². The number of aromatic nitrogens is 1. The molecule has 0 bridgehead atoms. The van der Waals surface area contributed by atoms with Gasteiger partial charge in [0.1, 0.15) is 0 Å². The fraction of sp³-hybridized carbons (Fsp3) is 0.143. The number of furan rings is 1. The maximum Gasteiger partial charge on any atom is 0.293 e. The van der Waals surface area contributed by atoms with E-state index in [4.69, 9.17) is 9.15 Å². The van der Waals surface area contributed by atoms with Crippen LogP contribution in [0.25, 0.3) is 11.0 Å². The average molecular weight is 288 g/mol. The van der Waals surface area contributed by atoms with Gasteiger partial charge in [-0.05, 0) is 19.1 Å². The number of rotatable bonds is 4. The van der Waals surface area contributed by atoms with E-state index in [9.17, 15) is 4.79 Å². The zero-order valence-corrected chi connectivity index (χ0v) is 11.6. The molecule has 0 saturated carbocycles. The van der Waals surface area contributed by atoms with Crippen LogP contribution in [0.4, 0.5) is 5.13 Å². The zero-order valence-electron chi connectivity index (χ0n) is 10.8. The molecule has 0 aliphatic heterocycles. The Bertz CT molecular complexity index is 734. The van der Waals surface area contributed by atoms with Crippen molar-refractivity contribution in [2.24, 2.45) is 0 Å². The molecule has 102 valence electrons. The first-order chi connectivity index (χ1) is 9.78. The van der Waals surface area contributed by atoms with Crippen molar-refractivity contribution >= 4 is 33.3 Å². The van der Waals surface area contributed by atoms with E-state index >= 15 is 0 Å². The van der Waals surface area contributed by atoms with Gasteiger partial charge in [-0.15, -0.1) is 11.3 Å². The number of para-hydroxylation sites is 1. The molecule has 0 saturated heterocycles. The number of nitrogens with one attached hydrogen (secondary N) is 1. The molecule has 2 heterocycles. The largest absolute Gasteiger partial charge is 0.490 e. The SMILES string of the molecule is CCOc1cccc2cc(C(=O)Nc3nccs3)oc12. The summed E-state index contributed by atoms with van der Waals surface area (Å²) in [6.07, 6.45) is 1.63. The van der Waals surface area contributed by atoms with Gasteiger partial charge in [0.2, 0.25) is 0 Å². The predicted molar refractivity (Wildman–Crippen MR) is 77.5 cm³/mol. The van der Waals surface area contributed by atoms with Crippen LogP contribution in [0.1, 0.15) is 17.5 Å². The van der Waals surface area contributed by atoms with Gasteiger partial charge in [-0.1, -0.05) is 12.1 Å². The Morgan fingerprint density at radius 3 is 3.15 bits per heavy atom. The molecule has 3 aromatic rings. The third kappa shape index (κ3) is 2.37. The van der Waals surface area contributed by atoms with Crippen LogP contribution in [0, 0.1) is 0 Å². The molecule has 0 radical (unpaired) electrons. The number of carbonyl (C=O) groups excluding carboxylic acids is 1. The summed E-state index contributed by atoms with van der Waals surface area (Å²) < 4.78 is 11.1. The second kappa shape index (κ2) is 5.34. The van der Waals surface area contributed by atoms with Crippen molar-refractivity contribution in [2.45, 2.75) is 6.92 Å². The molecule has 0 spiro atoms. The van der Waals surface area contributed by atoms with E-state index in [0.717, 1.165) is 5.39 Å². The molecule has 2 aromatic heterocycles. The first kappa shape index (κ1) is 12.7. The van der Waals surface area contributed by atoms with Gasteiger partial charge in [0.15, 0.2) is 22.2 Å². The van der Waals surface area contributed by atoms with E-state index in [1.165, 1.54) is 11.3 Å². The second-order valence-electron chi connectivity index (χ2n) is 4.01. The second-order valence-corrected chi connectivity index (χ2v) is 4.90. The Kier molecular flexibility index (Phi) is 3.39. The van der Waals surface area contributed by atoms with Gasteiger partial charge >= 0.3 is 0 Å². The number of benzene rings is 1. The number of hydrogen-bond acceptors (Lipinski definition) is 5. The van der Waals surface area contributed by atoms with E-state index in [-0.39, 0.29) is 11.7 Å². The number of amides is 1. The highest BCUT2D eigenvalue weighted by Crippen LogP contribution is 2.29. The van der Waals surface area contributed by atoms with Gasteiger partial charge in [-0.25, -0.2) is 4.98 Å². The number of ether oxygens (including phenoxy) is 1. The number of carbonyl (C=O) groups is 1. The number of fused-ring (bicyclic) bond motifs is 1. The molecule has 1 aromatic carbocycles. The molecule has 0 aliphatic carbocycles. The Morgan fingerprint density at radius 1 is 1.50 bits per heavy atom. The van der Waals surface area contributed by atoms with E-state index in [1.807, 2.05) is 25.1 Å². The molecular formula is C14H12N2O3S. The number of thiazole rings is 1. The van der Waals surface area contributed by atoms with Crippen LogP contribution in [-0.2, 0) is 0 Å². The van der Waals surface area contributed by atoms with Crippen molar-refractivity contribution in [3.63, 3.8) is 0 Å². The summed E-state index contributed by atoms with van der Waals surface area (Å²) in [5, 5.41) is 5.85. The smallest absolute Gasteiger partial charge is 0.293 e. The standard InChI is InChI=1S/C14H12N2O3S/c1-2-18-10-5-3-4-9-8-11(19-12(9)10)13(17)16-14-15-6-7-20-14/h3-8H,2H2,1H3,(H,15,16,17). The van der Waals surface area contributed by atoms with Crippen LogP contribution < -0.4 is 10.1 Å². The Labute approximate surface area is 119 Å². The average Bonchev–Trinajstić information content (AvgIpc) is 3.08. The molecule has 5 nitrogen and oxygen atoms in total. The summed E-state index contributed by atoms with van der Waals surface area (Å²) >= 11 is 1.35. The summed E-state index contributed by atoms with van der Waals surface area (Å²) in [6.45, 7) is 2.44. The van der Waals surface area contributed by atoms with E-state index in [0.29, 0.717) is 23.1 Å². The normalized spacial score (nSPS) is 10.7. The van der Waals surface area contributed by atoms with Gasteiger partial charge in [0, 0.05) is 17.0 Å². The van der Waals surface area contributed by atoms with Crippen molar-refractivity contribution in [1.29, 1.82) is 0 Å². The highest BCUT2D eigenvalue weighted by molar-refractivity contribution is 7.13. The minimum Gasteiger partial charge on any atom is -0.490 e. The van der Waals surface area contributed by atoms with E-state index in [1.54, 1.807) is 17.6 Å². The van der Waals surface area contributed by atoms with Crippen LogP contribution in [0.15, 0.2) is 40.3 Å². The summed E-state index contributed by atoms with van der Waals surface area (Å²) in [5.41, 5.74) is 0.582. The molecule has 1 N–H and O–H groups in total. The molecule has 0 unspecified atom stereocenters. The maximum atomic E-state index is 12.1. The number of hydrogen-bond donors (Lipinski definition) is 1. The van der Waals surface area contributed by atoms with Crippen molar-refractivity contribution in [2.75, 3.05) is 11.9 Å². The highest BCUT2D eigenvalue weighted by Gasteiger charge is 2.15. The van der Waals surface area contributed by atoms with Crippen LogP contribution in [0.2, 0.25) is 0 Å². The Hall–Kier alpha value is -2.34. The van der Waals surface area contributed by atoms with Crippen LogP contribution in [0.3, 0.4) is 0 Å². The van der Waals surface area contributed by atoms with Crippen molar-refractivity contribution in [3.05, 3.63) is 41.6 Å².